The zero-order valence-corrected chi connectivity index (χ0v) is 13.0. The first kappa shape index (κ1) is 17.9. The fraction of sp³-hybridized carbons (Fsp3) is 1.00. The summed E-state index contributed by atoms with van der Waals surface area (Å²) in [7, 11) is 0. The Morgan fingerprint density at radius 2 is 1.28 bits per heavy atom. The minimum Gasteiger partial charge on any atom is -0.366 e. The van der Waals surface area contributed by atoms with E-state index in [4.69, 9.17) is 0 Å². The third-order valence-electron chi connectivity index (χ3n) is 4.40. The van der Waals surface area contributed by atoms with Crippen molar-refractivity contribution in [3.63, 3.8) is 0 Å². The molecule has 110 valence electrons. The van der Waals surface area contributed by atoms with Crippen molar-refractivity contribution in [3.8, 4) is 0 Å². The Morgan fingerprint density at radius 1 is 0.722 bits per heavy atom. The maximum absolute atomic E-state index is 10.2. The molecule has 0 aliphatic heterocycles. The molecule has 0 saturated heterocycles. The molecule has 0 fully saturated rings. The minimum atomic E-state index is -1.46. The molecule has 0 saturated carbocycles. The Hall–Kier alpha value is -0.0800. The van der Waals surface area contributed by atoms with Crippen molar-refractivity contribution in [1.29, 1.82) is 0 Å². The first-order chi connectivity index (χ1) is 8.45. The summed E-state index contributed by atoms with van der Waals surface area (Å²) in [4.78, 5) is 0. The zero-order valence-electron chi connectivity index (χ0n) is 13.0. The molecule has 0 amide bonds. The maximum atomic E-state index is 10.2. The molecule has 0 unspecified atom stereocenters. The fourth-order valence-corrected chi connectivity index (χ4v) is 2.84. The summed E-state index contributed by atoms with van der Waals surface area (Å²) in [5.74, 6) is -1.46. The predicted octanol–water partition coefficient (Wildman–Crippen LogP) is 4.63. The minimum absolute atomic E-state index is 0.117. The third-order valence-corrected chi connectivity index (χ3v) is 4.40. The molecule has 0 aliphatic rings. The van der Waals surface area contributed by atoms with Crippen molar-refractivity contribution in [2.24, 2.45) is 5.41 Å². The summed E-state index contributed by atoms with van der Waals surface area (Å²) < 4.78 is 0. The fourth-order valence-electron chi connectivity index (χ4n) is 2.84. The Morgan fingerprint density at radius 3 is 1.72 bits per heavy atom. The Kier molecular flexibility index (Phi) is 8.89. The van der Waals surface area contributed by atoms with Crippen LogP contribution in [0.5, 0.6) is 0 Å². The summed E-state index contributed by atoms with van der Waals surface area (Å²) in [6.07, 6.45) is 9.76. The highest BCUT2D eigenvalue weighted by Crippen LogP contribution is 2.40. The van der Waals surface area contributed by atoms with Crippen molar-refractivity contribution in [1.82, 2.24) is 0 Å². The number of aliphatic hydroxyl groups is 2. The molecule has 2 heteroatoms. The van der Waals surface area contributed by atoms with Gasteiger partial charge >= 0.3 is 0 Å². The molecule has 0 aliphatic carbocycles. The Balaban J connectivity index is 4.43. The monoisotopic (exact) mass is 258 g/mol. The topological polar surface area (TPSA) is 40.5 Å². The van der Waals surface area contributed by atoms with E-state index in [1.807, 2.05) is 0 Å². The van der Waals surface area contributed by atoms with Crippen LogP contribution in [0.1, 0.15) is 91.9 Å². The van der Waals surface area contributed by atoms with Gasteiger partial charge in [0.05, 0.1) is 0 Å². The van der Waals surface area contributed by atoms with E-state index < -0.39 is 5.79 Å². The van der Waals surface area contributed by atoms with E-state index in [1.165, 1.54) is 12.8 Å². The van der Waals surface area contributed by atoms with Crippen LogP contribution >= 0.6 is 0 Å². The van der Waals surface area contributed by atoms with Crippen LogP contribution in [0.25, 0.3) is 0 Å². The molecule has 0 aromatic rings. The number of hydrogen-bond donors (Lipinski definition) is 2. The summed E-state index contributed by atoms with van der Waals surface area (Å²) in [5, 5.41) is 20.4. The van der Waals surface area contributed by atoms with E-state index in [0.29, 0.717) is 12.8 Å². The second-order valence-electron chi connectivity index (χ2n) is 5.93. The van der Waals surface area contributed by atoms with Crippen LogP contribution in [0.2, 0.25) is 0 Å². The van der Waals surface area contributed by atoms with Crippen molar-refractivity contribution >= 4 is 0 Å². The number of hydrogen-bond acceptors (Lipinski definition) is 2. The van der Waals surface area contributed by atoms with Gasteiger partial charge < -0.3 is 10.2 Å². The summed E-state index contributed by atoms with van der Waals surface area (Å²) in [6.45, 7) is 8.70. The van der Waals surface area contributed by atoms with Crippen LogP contribution in [-0.2, 0) is 0 Å². The zero-order chi connectivity index (χ0) is 14.1. The molecule has 0 bridgehead atoms. The SMILES string of the molecule is CCCCCC(O)(O)CC(CC)(CC)CCCC. The van der Waals surface area contributed by atoms with Crippen LogP contribution in [0, 0.1) is 5.41 Å². The van der Waals surface area contributed by atoms with E-state index in [2.05, 4.69) is 27.7 Å². The highest BCUT2D eigenvalue weighted by atomic mass is 16.5. The second kappa shape index (κ2) is 8.92. The van der Waals surface area contributed by atoms with Gasteiger partial charge in [0.15, 0.2) is 5.79 Å². The quantitative estimate of drug-likeness (QED) is 0.419. The molecule has 2 N–H and O–H groups in total. The molecule has 18 heavy (non-hydrogen) atoms. The lowest BCUT2D eigenvalue weighted by Crippen LogP contribution is -2.36. The smallest absolute Gasteiger partial charge is 0.163 e. The summed E-state index contributed by atoms with van der Waals surface area (Å²) in [5.41, 5.74) is 0.117. The van der Waals surface area contributed by atoms with Crippen LogP contribution in [0.15, 0.2) is 0 Å². The van der Waals surface area contributed by atoms with E-state index in [-0.39, 0.29) is 5.41 Å². The predicted molar refractivity (Wildman–Crippen MR) is 78.5 cm³/mol. The van der Waals surface area contributed by atoms with Gasteiger partial charge in [-0.05, 0) is 18.3 Å². The van der Waals surface area contributed by atoms with E-state index in [0.717, 1.165) is 38.5 Å². The standard InChI is InChI=1S/C16H34O2/c1-5-9-11-13-16(17,18)14-15(7-3,8-4)12-10-6-2/h17-18H,5-14H2,1-4H3. The van der Waals surface area contributed by atoms with Crippen LogP contribution in [-0.4, -0.2) is 16.0 Å². The molecule has 0 rings (SSSR count). The lowest BCUT2D eigenvalue weighted by molar-refractivity contribution is -0.192. The first-order valence-corrected chi connectivity index (χ1v) is 7.90. The van der Waals surface area contributed by atoms with Crippen LogP contribution in [0.4, 0.5) is 0 Å². The van der Waals surface area contributed by atoms with Gasteiger partial charge in [-0.2, -0.15) is 0 Å². The largest absolute Gasteiger partial charge is 0.366 e. The van der Waals surface area contributed by atoms with E-state index in [9.17, 15) is 10.2 Å². The molecule has 0 aromatic heterocycles. The van der Waals surface area contributed by atoms with Crippen molar-refractivity contribution in [3.05, 3.63) is 0 Å². The number of rotatable bonds is 11. The highest BCUT2D eigenvalue weighted by molar-refractivity contribution is 4.83. The van der Waals surface area contributed by atoms with Gasteiger partial charge in [0.2, 0.25) is 0 Å². The molecular weight excluding hydrogens is 224 g/mol. The lowest BCUT2D eigenvalue weighted by atomic mass is 9.72. The van der Waals surface area contributed by atoms with Crippen molar-refractivity contribution < 1.29 is 10.2 Å². The normalized spacial score (nSPS) is 13.0. The molecule has 0 atom stereocenters. The molecular formula is C16H34O2. The second-order valence-corrected chi connectivity index (χ2v) is 5.93. The highest BCUT2D eigenvalue weighted by Gasteiger charge is 2.35. The first-order valence-electron chi connectivity index (χ1n) is 7.90. The van der Waals surface area contributed by atoms with Gasteiger partial charge in [0.25, 0.3) is 0 Å². The van der Waals surface area contributed by atoms with E-state index >= 15 is 0 Å². The van der Waals surface area contributed by atoms with Gasteiger partial charge in [-0.25, -0.2) is 0 Å². The molecule has 0 aromatic carbocycles. The van der Waals surface area contributed by atoms with Crippen molar-refractivity contribution in [2.45, 2.75) is 97.7 Å². The van der Waals surface area contributed by atoms with E-state index in [1.54, 1.807) is 0 Å². The molecule has 0 spiro atoms. The Labute approximate surface area is 114 Å². The average Bonchev–Trinajstić information content (AvgIpc) is 2.34. The molecule has 2 nitrogen and oxygen atoms in total. The Bertz CT molecular complexity index is 195. The third kappa shape index (κ3) is 6.75. The van der Waals surface area contributed by atoms with Gasteiger partial charge in [-0.1, -0.05) is 66.2 Å². The lowest BCUT2D eigenvalue weighted by Gasteiger charge is -2.37. The molecule has 0 heterocycles. The summed E-state index contributed by atoms with van der Waals surface area (Å²) in [6, 6.07) is 0. The molecule has 0 radical (unpaired) electrons. The van der Waals surface area contributed by atoms with Gasteiger partial charge in [-0.3, -0.25) is 0 Å². The van der Waals surface area contributed by atoms with Crippen LogP contribution in [0.3, 0.4) is 0 Å². The van der Waals surface area contributed by atoms with Gasteiger partial charge in [0.1, 0.15) is 0 Å². The van der Waals surface area contributed by atoms with Crippen LogP contribution < -0.4 is 0 Å². The van der Waals surface area contributed by atoms with Gasteiger partial charge in [-0.15, -0.1) is 0 Å². The average molecular weight is 258 g/mol. The number of unbranched alkanes of at least 4 members (excludes halogenated alkanes) is 3. The summed E-state index contributed by atoms with van der Waals surface area (Å²) >= 11 is 0. The van der Waals surface area contributed by atoms with Crippen molar-refractivity contribution in [2.75, 3.05) is 0 Å². The maximum Gasteiger partial charge on any atom is 0.163 e. The van der Waals surface area contributed by atoms with Gasteiger partial charge in [0, 0.05) is 12.8 Å².